The van der Waals surface area contributed by atoms with Crippen LogP contribution in [0, 0.1) is 0 Å². The van der Waals surface area contributed by atoms with E-state index in [0.717, 1.165) is 5.52 Å². The number of aromatic hydroxyl groups is 1. The molecule has 2 aromatic heterocycles. The first-order valence-corrected chi connectivity index (χ1v) is 10.0. The van der Waals surface area contributed by atoms with Gasteiger partial charge in [0.25, 0.3) is 5.91 Å². The summed E-state index contributed by atoms with van der Waals surface area (Å²) in [6, 6.07) is 10.4. The number of H-pyrrole nitrogens is 1. The Morgan fingerprint density at radius 1 is 1.26 bits per heavy atom. The van der Waals surface area contributed by atoms with E-state index in [9.17, 15) is 9.90 Å². The average Bonchev–Trinajstić information content (AvgIpc) is 3.38. The molecule has 0 aliphatic rings. The fourth-order valence-electron chi connectivity index (χ4n) is 3.38. The van der Waals surface area contributed by atoms with Crippen LogP contribution in [-0.4, -0.2) is 63.2 Å². The molecule has 2 N–H and O–H groups in total. The van der Waals surface area contributed by atoms with Crippen LogP contribution in [0.1, 0.15) is 10.4 Å². The first-order valence-electron chi connectivity index (χ1n) is 9.64. The molecule has 31 heavy (non-hydrogen) atoms. The summed E-state index contributed by atoms with van der Waals surface area (Å²) in [6.07, 6.45) is 1.69. The number of imidazole rings is 2. The number of halogens is 1. The Labute approximate surface area is 184 Å². The first-order chi connectivity index (χ1) is 14.9. The first kappa shape index (κ1) is 20.9. The summed E-state index contributed by atoms with van der Waals surface area (Å²) in [7, 11) is 5.08. The number of nitrogens with zero attached hydrogens (tertiary/aromatic N) is 4. The van der Waals surface area contributed by atoms with Gasteiger partial charge < -0.3 is 24.3 Å². The maximum absolute atomic E-state index is 12.4. The smallest absolute Gasteiger partial charge is 0.253 e. The van der Waals surface area contributed by atoms with Gasteiger partial charge in [-0.2, -0.15) is 0 Å². The molecule has 0 spiro atoms. The summed E-state index contributed by atoms with van der Waals surface area (Å²) >= 11 is 5.91. The monoisotopic (exact) mass is 439 g/mol. The molecular formula is C22H22ClN5O3. The molecule has 0 fully saturated rings. The number of aromatic amines is 1. The standard InChI is InChI=1S/C22H22ClN5O3/c1-27(2)22(30)14-5-7-18-16(10-14)26-21(28(18)8-9-31-3)17-12-24-20(25-17)13-4-6-15(23)19(29)11-13/h4-7,10-12,29H,8-9H2,1-3H3,(H,24,25). The van der Waals surface area contributed by atoms with E-state index in [1.165, 1.54) is 4.90 Å². The molecule has 0 saturated heterocycles. The van der Waals surface area contributed by atoms with Crippen LogP contribution in [-0.2, 0) is 11.3 Å². The van der Waals surface area contributed by atoms with Gasteiger partial charge in [0.2, 0.25) is 0 Å². The van der Waals surface area contributed by atoms with Crippen molar-refractivity contribution < 1.29 is 14.6 Å². The maximum Gasteiger partial charge on any atom is 0.253 e. The Morgan fingerprint density at radius 3 is 2.77 bits per heavy atom. The second-order valence-electron chi connectivity index (χ2n) is 7.29. The van der Waals surface area contributed by atoms with Crippen molar-refractivity contribution in [3.63, 3.8) is 0 Å². The van der Waals surface area contributed by atoms with Crippen molar-refractivity contribution in [3.8, 4) is 28.7 Å². The van der Waals surface area contributed by atoms with Gasteiger partial charge in [-0.25, -0.2) is 9.97 Å². The SMILES string of the molecule is COCCn1c(-c2cnc(-c3ccc(Cl)c(O)c3)[nH]2)nc2cc(C(=O)N(C)C)ccc21. The molecule has 160 valence electrons. The van der Waals surface area contributed by atoms with Crippen molar-refractivity contribution in [2.24, 2.45) is 0 Å². The van der Waals surface area contributed by atoms with Crippen molar-refractivity contribution in [3.05, 3.63) is 53.2 Å². The maximum atomic E-state index is 12.4. The highest BCUT2D eigenvalue weighted by atomic mass is 35.5. The summed E-state index contributed by atoms with van der Waals surface area (Å²) in [4.78, 5) is 26.4. The van der Waals surface area contributed by atoms with Crippen LogP contribution in [0.4, 0.5) is 0 Å². The van der Waals surface area contributed by atoms with Gasteiger partial charge in [0.15, 0.2) is 5.82 Å². The van der Waals surface area contributed by atoms with Gasteiger partial charge in [0.05, 0.1) is 28.9 Å². The minimum absolute atomic E-state index is 0.0115. The minimum atomic E-state index is -0.0822. The number of phenols is 1. The number of nitrogens with one attached hydrogen (secondary N) is 1. The summed E-state index contributed by atoms with van der Waals surface area (Å²) in [5, 5.41) is 10.2. The number of ether oxygens (including phenoxy) is 1. The van der Waals surface area contributed by atoms with Crippen LogP contribution in [0.3, 0.4) is 0 Å². The lowest BCUT2D eigenvalue weighted by molar-refractivity contribution is 0.0827. The van der Waals surface area contributed by atoms with E-state index in [-0.39, 0.29) is 16.7 Å². The summed E-state index contributed by atoms with van der Waals surface area (Å²) in [5.74, 6) is 1.16. The third kappa shape index (κ3) is 3.99. The fourth-order valence-corrected chi connectivity index (χ4v) is 3.49. The molecule has 2 aromatic carbocycles. The van der Waals surface area contributed by atoms with Gasteiger partial charge in [-0.1, -0.05) is 11.6 Å². The van der Waals surface area contributed by atoms with E-state index in [4.69, 9.17) is 21.3 Å². The summed E-state index contributed by atoms with van der Waals surface area (Å²) in [6.45, 7) is 1.09. The lowest BCUT2D eigenvalue weighted by atomic mass is 10.2. The van der Waals surface area contributed by atoms with Crippen LogP contribution in [0.25, 0.3) is 33.9 Å². The number of carbonyl (C=O) groups excluding carboxylic acids is 1. The quantitative estimate of drug-likeness (QED) is 0.476. The number of hydrogen-bond donors (Lipinski definition) is 2. The van der Waals surface area contributed by atoms with Crippen LogP contribution in [0.2, 0.25) is 5.02 Å². The van der Waals surface area contributed by atoms with E-state index in [1.807, 2.05) is 10.6 Å². The molecule has 4 rings (SSSR count). The molecule has 0 saturated carbocycles. The van der Waals surface area contributed by atoms with Crippen molar-refractivity contribution in [1.82, 2.24) is 24.4 Å². The van der Waals surface area contributed by atoms with Crippen molar-refractivity contribution in [2.45, 2.75) is 6.54 Å². The molecule has 9 heteroatoms. The number of fused-ring (bicyclic) bond motifs is 1. The summed E-state index contributed by atoms with van der Waals surface area (Å²) in [5.41, 5.74) is 3.58. The lowest BCUT2D eigenvalue weighted by Gasteiger charge is -2.10. The number of methoxy groups -OCH3 is 1. The molecule has 0 atom stereocenters. The molecule has 0 bridgehead atoms. The van der Waals surface area contributed by atoms with E-state index in [1.54, 1.807) is 57.7 Å². The topological polar surface area (TPSA) is 96.3 Å². The zero-order chi connectivity index (χ0) is 22.1. The van der Waals surface area contributed by atoms with E-state index in [0.29, 0.717) is 47.1 Å². The van der Waals surface area contributed by atoms with Gasteiger partial charge >= 0.3 is 0 Å². The molecule has 2 heterocycles. The number of benzene rings is 2. The Hall–Kier alpha value is -3.36. The van der Waals surface area contributed by atoms with Crippen LogP contribution >= 0.6 is 11.6 Å². The van der Waals surface area contributed by atoms with Crippen LogP contribution in [0.5, 0.6) is 5.75 Å². The second kappa shape index (κ2) is 8.41. The lowest BCUT2D eigenvalue weighted by Crippen LogP contribution is -2.21. The van der Waals surface area contributed by atoms with Gasteiger partial charge in [0.1, 0.15) is 17.3 Å². The number of phenolic OH excluding ortho intramolecular Hbond substituents is 1. The Balaban J connectivity index is 1.79. The Kier molecular flexibility index (Phi) is 5.67. The highest BCUT2D eigenvalue weighted by Crippen LogP contribution is 2.30. The third-order valence-electron chi connectivity index (χ3n) is 4.96. The van der Waals surface area contributed by atoms with Gasteiger partial charge in [-0.05, 0) is 36.4 Å². The number of aromatic nitrogens is 4. The molecular weight excluding hydrogens is 418 g/mol. The minimum Gasteiger partial charge on any atom is -0.506 e. The Morgan fingerprint density at radius 2 is 2.06 bits per heavy atom. The molecule has 0 radical (unpaired) electrons. The Bertz CT molecular complexity index is 1260. The predicted molar refractivity (Wildman–Crippen MR) is 119 cm³/mol. The molecule has 0 aliphatic carbocycles. The van der Waals surface area contributed by atoms with Crippen molar-refractivity contribution in [1.29, 1.82) is 0 Å². The largest absolute Gasteiger partial charge is 0.506 e. The van der Waals surface area contributed by atoms with Crippen LogP contribution < -0.4 is 0 Å². The highest BCUT2D eigenvalue weighted by Gasteiger charge is 2.18. The number of rotatable bonds is 6. The van der Waals surface area contributed by atoms with E-state index >= 15 is 0 Å². The molecule has 1 amide bonds. The number of hydrogen-bond acceptors (Lipinski definition) is 5. The van der Waals surface area contributed by atoms with E-state index < -0.39 is 0 Å². The van der Waals surface area contributed by atoms with Crippen molar-refractivity contribution >= 4 is 28.5 Å². The molecule has 0 aliphatic heterocycles. The van der Waals surface area contributed by atoms with Gasteiger partial charge in [-0.3, -0.25) is 4.79 Å². The van der Waals surface area contributed by atoms with E-state index in [2.05, 4.69) is 9.97 Å². The molecule has 0 unspecified atom stereocenters. The normalized spacial score (nSPS) is 11.2. The van der Waals surface area contributed by atoms with Gasteiger partial charge in [-0.15, -0.1) is 0 Å². The highest BCUT2D eigenvalue weighted by molar-refractivity contribution is 6.32. The number of carbonyl (C=O) groups is 1. The zero-order valence-electron chi connectivity index (χ0n) is 17.4. The third-order valence-corrected chi connectivity index (χ3v) is 5.28. The zero-order valence-corrected chi connectivity index (χ0v) is 18.1. The van der Waals surface area contributed by atoms with Gasteiger partial charge in [0, 0.05) is 38.9 Å². The van der Waals surface area contributed by atoms with Crippen molar-refractivity contribution in [2.75, 3.05) is 27.8 Å². The summed E-state index contributed by atoms with van der Waals surface area (Å²) < 4.78 is 7.30. The molecule has 8 nitrogen and oxygen atoms in total. The number of amides is 1. The fraction of sp³-hybridized carbons (Fsp3) is 0.227. The predicted octanol–water partition coefficient (Wildman–Crippen LogP) is 3.80. The van der Waals surface area contributed by atoms with Crippen LogP contribution in [0.15, 0.2) is 42.6 Å². The second-order valence-corrected chi connectivity index (χ2v) is 7.70. The average molecular weight is 440 g/mol. The molecule has 4 aromatic rings.